The number of thioether (sulfide) groups is 1. The van der Waals surface area contributed by atoms with E-state index in [1.165, 1.54) is 0 Å². The van der Waals surface area contributed by atoms with E-state index in [4.69, 9.17) is 4.74 Å². The lowest BCUT2D eigenvalue weighted by atomic mass is 9.90. The van der Waals surface area contributed by atoms with Gasteiger partial charge in [0.15, 0.2) is 9.84 Å². The van der Waals surface area contributed by atoms with Gasteiger partial charge in [-0.25, -0.2) is 13.2 Å². The molecule has 2 saturated heterocycles. The fourth-order valence-electron chi connectivity index (χ4n) is 3.97. The van der Waals surface area contributed by atoms with Gasteiger partial charge < -0.3 is 15.4 Å². The van der Waals surface area contributed by atoms with Gasteiger partial charge >= 0.3 is 6.03 Å². The predicted octanol–water partition coefficient (Wildman–Crippen LogP) is 1.87. The summed E-state index contributed by atoms with van der Waals surface area (Å²) in [6.45, 7) is 0.659. The first-order valence-electron chi connectivity index (χ1n) is 8.58. The van der Waals surface area contributed by atoms with Crippen LogP contribution in [0.4, 0.5) is 4.79 Å². The summed E-state index contributed by atoms with van der Waals surface area (Å²) in [6, 6.07) is 6.16. The van der Waals surface area contributed by atoms with Gasteiger partial charge in [0.05, 0.1) is 22.3 Å². The van der Waals surface area contributed by atoms with Crippen LogP contribution in [0, 0.1) is 0 Å². The molecule has 6 nitrogen and oxygen atoms in total. The predicted molar refractivity (Wildman–Crippen MR) is 96.6 cm³/mol. The molecule has 3 aliphatic rings. The molecule has 0 bridgehead atoms. The highest BCUT2D eigenvalue weighted by Crippen LogP contribution is 2.38. The molecule has 136 valence electrons. The van der Waals surface area contributed by atoms with E-state index in [1.54, 1.807) is 24.3 Å². The minimum absolute atomic E-state index is 0.0701. The van der Waals surface area contributed by atoms with Crippen molar-refractivity contribution in [3.8, 4) is 0 Å². The fraction of sp³-hybridized carbons (Fsp3) is 0.588. The summed E-state index contributed by atoms with van der Waals surface area (Å²) >= 11 is 1.90. The standard InChI is InChI=1S/C17H22N2O4S2/c20-16(18-12-5-7-23-17(9-12)6-8-24-11-17)19-14-10-25(21,22)15-4-2-1-3-13(14)15/h1-4,12,14H,5-11H2,(H2,18,19,20). The highest BCUT2D eigenvalue weighted by Gasteiger charge is 2.41. The third-order valence-electron chi connectivity index (χ3n) is 5.22. The van der Waals surface area contributed by atoms with Crippen molar-refractivity contribution in [1.29, 1.82) is 0 Å². The molecule has 0 aromatic heterocycles. The zero-order chi connectivity index (χ0) is 17.5. The summed E-state index contributed by atoms with van der Waals surface area (Å²) in [5.41, 5.74) is 0.581. The van der Waals surface area contributed by atoms with E-state index >= 15 is 0 Å². The first-order chi connectivity index (χ1) is 12.0. The van der Waals surface area contributed by atoms with Gasteiger partial charge in [0.1, 0.15) is 0 Å². The lowest BCUT2D eigenvalue weighted by Gasteiger charge is -2.38. The van der Waals surface area contributed by atoms with E-state index in [0.717, 1.165) is 30.8 Å². The van der Waals surface area contributed by atoms with Crippen LogP contribution in [0.1, 0.15) is 30.9 Å². The van der Waals surface area contributed by atoms with Crippen molar-refractivity contribution < 1.29 is 17.9 Å². The number of fused-ring (bicyclic) bond motifs is 1. The second-order valence-electron chi connectivity index (χ2n) is 7.01. The van der Waals surface area contributed by atoms with E-state index in [1.807, 2.05) is 11.8 Å². The number of hydrogen-bond acceptors (Lipinski definition) is 5. The molecule has 8 heteroatoms. The Morgan fingerprint density at radius 2 is 2.12 bits per heavy atom. The van der Waals surface area contributed by atoms with Crippen LogP contribution in [-0.2, 0) is 14.6 Å². The molecule has 0 aliphatic carbocycles. The number of carbonyl (C=O) groups is 1. The van der Waals surface area contributed by atoms with E-state index in [0.29, 0.717) is 17.1 Å². The number of ether oxygens (including phenoxy) is 1. The maximum atomic E-state index is 12.4. The Morgan fingerprint density at radius 1 is 1.28 bits per heavy atom. The molecule has 2 fully saturated rings. The van der Waals surface area contributed by atoms with Gasteiger partial charge in [0, 0.05) is 18.4 Å². The van der Waals surface area contributed by atoms with Gasteiger partial charge in [-0.05, 0) is 36.6 Å². The lowest BCUT2D eigenvalue weighted by molar-refractivity contribution is -0.0684. The number of benzene rings is 1. The zero-order valence-electron chi connectivity index (χ0n) is 13.9. The summed E-state index contributed by atoms with van der Waals surface area (Å²) in [5, 5.41) is 5.86. The minimum atomic E-state index is -3.32. The molecule has 2 N–H and O–H groups in total. The Bertz CT molecular complexity index is 775. The summed E-state index contributed by atoms with van der Waals surface area (Å²) in [4.78, 5) is 12.8. The average Bonchev–Trinajstić information content (AvgIpc) is 3.11. The van der Waals surface area contributed by atoms with Crippen molar-refractivity contribution in [3.63, 3.8) is 0 Å². The Morgan fingerprint density at radius 3 is 2.92 bits per heavy atom. The first kappa shape index (κ1) is 17.2. The molecular weight excluding hydrogens is 360 g/mol. The van der Waals surface area contributed by atoms with E-state index in [-0.39, 0.29) is 23.4 Å². The summed E-state index contributed by atoms with van der Waals surface area (Å²) in [7, 11) is -3.32. The molecule has 3 atom stereocenters. The number of amides is 2. The summed E-state index contributed by atoms with van der Waals surface area (Å²) in [6.07, 6.45) is 2.65. The number of sulfone groups is 1. The molecule has 1 spiro atoms. The minimum Gasteiger partial charge on any atom is -0.374 e. The topological polar surface area (TPSA) is 84.5 Å². The molecular formula is C17H22N2O4S2. The second-order valence-corrected chi connectivity index (χ2v) is 10.1. The molecule has 0 radical (unpaired) electrons. The summed E-state index contributed by atoms with van der Waals surface area (Å²) < 4.78 is 30.4. The summed E-state index contributed by atoms with van der Waals surface area (Å²) in [5.74, 6) is 2.02. The molecule has 4 rings (SSSR count). The Labute approximate surface area is 152 Å². The molecule has 25 heavy (non-hydrogen) atoms. The Kier molecular flexibility index (Phi) is 4.45. The van der Waals surface area contributed by atoms with Gasteiger partial charge in [0.25, 0.3) is 0 Å². The number of urea groups is 1. The van der Waals surface area contributed by atoms with E-state index in [9.17, 15) is 13.2 Å². The molecule has 0 saturated carbocycles. The largest absolute Gasteiger partial charge is 0.374 e. The quantitative estimate of drug-likeness (QED) is 0.816. The van der Waals surface area contributed by atoms with Gasteiger partial charge in [-0.15, -0.1) is 0 Å². The Balaban J connectivity index is 1.40. The highest BCUT2D eigenvalue weighted by atomic mass is 32.2. The van der Waals surface area contributed by atoms with Crippen molar-refractivity contribution in [1.82, 2.24) is 10.6 Å². The number of rotatable bonds is 2. The molecule has 3 unspecified atom stereocenters. The van der Waals surface area contributed by atoms with Crippen LogP contribution in [-0.4, -0.2) is 50.0 Å². The molecule has 1 aromatic carbocycles. The maximum absolute atomic E-state index is 12.4. The van der Waals surface area contributed by atoms with Gasteiger partial charge in [-0.2, -0.15) is 11.8 Å². The molecule has 2 amide bonds. The van der Waals surface area contributed by atoms with Gasteiger partial charge in [0.2, 0.25) is 0 Å². The van der Waals surface area contributed by atoms with Crippen LogP contribution in [0.3, 0.4) is 0 Å². The van der Waals surface area contributed by atoms with Crippen LogP contribution >= 0.6 is 11.8 Å². The van der Waals surface area contributed by atoms with Crippen molar-refractivity contribution in [2.75, 3.05) is 23.9 Å². The van der Waals surface area contributed by atoms with Crippen LogP contribution in [0.5, 0.6) is 0 Å². The monoisotopic (exact) mass is 382 g/mol. The van der Waals surface area contributed by atoms with E-state index < -0.39 is 15.9 Å². The van der Waals surface area contributed by atoms with Gasteiger partial charge in [-0.3, -0.25) is 0 Å². The highest BCUT2D eigenvalue weighted by molar-refractivity contribution is 7.99. The second kappa shape index (κ2) is 6.48. The molecule has 1 aromatic rings. The molecule has 3 heterocycles. The number of hydrogen-bond donors (Lipinski definition) is 2. The van der Waals surface area contributed by atoms with Crippen LogP contribution < -0.4 is 10.6 Å². The Hall–Kier alpha value is -1.25. The van der Waals surface area contributed by atoms with Crippen molar-refractivity contribution >= 4 is 27.6 Å². The molecule has 3 aliphatic heterocycles. The van der Waals surface area contributed by atoms with Crippen molar-refractivity contribution in [3.05, 3.63) is 29.8 Å². The van der Waals surface area contributed by atoms with Gasteiger partial charge in [-0.1, -0.05) is 18.2 Å². The average molecular weight is 383 g/mol. The normalized spacial score (nSPS) is 33.1. The van der Waals surface area contributed by atoms with Crippen LogP contribution in [0.2, 0.25) is 0 Å². The first-order valence-corrected chi connectivity index (χ1v) is 11.4. The fourth-order valence-corrected chi connectivity index (χ4v) is 7.08. The third-order valence-corrected chi connectivity index (χ3v) is 8.25. The SMILES string of the molecule is O=C(NC1CCOC2(CCSC2)C1)NC1CS(=O)(=O)c2ccccc21. The van der Waals surface area contributed by atoms with Crippen LogP contribution in [0.15, 0.2) is 29.2 Å². The maximum Gasteiger partial charge on any atom is 0.315 e. The third kappa shape index (κ3) is 3.39. The van der Waals surface area contributed by atoms with E-state index in [2.05, 4.69) is 10.6 Å². The number of carbonyl (C=O) groups excluding carboxylic acids is 1. The van der Waals surface area contributed by atoms with Crippen molar-refractivity contribution in [2.24, 2.45) is 0 Å². The smallest absolute Gasteiger partial charge is 0.315 e. The zero-order valence-corrected chi connectivity index (χ0v) is 15.5. The lowest BCUT2D eigenvalue weighted by Crippen LogP contribution is -2.51. The van der Waals surface area contributed by atoms with Crippen molar-refractivity contribution in [2.45, 2.75) is 41.8 Å². The number of nitrogens with one attached hydrogen (secondary N) is 2. The van der Waals surface area contributed by atoms with Crippen LogP contribution in [0.25, 0.3) is 0 Å².